The number of aryl methyl sites for hydroxylation is 1. The summed E-state index contributed by atoms with van der Waals surface area (Å²) in [6.45, 7) is 2.37. The number of carbonyl (C=O) groups excluding carboxylic acids is 1. The van der Waals surface area contributed by atoms with E-state index in [9.17, 15) is 4.79 Å². The van der Waals surface area contributed by atoms with Gasteiger partial charge in [0.05, 0.1) is 26.3 Å². The van der Waals surface area contributed by atoms with E-state index in [2.05, 4.69) is 15.5 Å². The summed E-state index contributed by atoms with van der Waals surface area (Å²) in [5.41, 5.74) is 2.78. The van der Waals surface area contributed by atoms with Crippen LogP contribution in [0.3, 0.4) is 0 Å². The number of hydrogen-bond donors (Lipinski definition) is 1. The third kappa shape index (κ3) is 4.56. The van der Waals surface area contributed by atoms with Gasteiger partial charge in [-0.2, -0.15) is 5.10 Å². The largest absolute Gasteiger partial charge is 0.493 e. The van der Waals surface area contributed by atoms with E-state index >= 15 is 0 Å². The van der Waals surface area contributed by atoms with E-state index < -0.39 is 0 Å². The first-order chi connectivity index (χ1) is 15.1. The number of hydrogen-bond acceptors (Lipinski definition) is 7. The zero-order valence-electron chi connectivity index (χ0n) is 17.3. The Labute approximate surface area is 183 Å². The van der Waals surface area contributed by atoms with Gasteiger partial charge < -0.3 is 9.47 Å². The van der Waals surface area contributed by atoms with Crippen LogP contribution in [0.2, 0.25) is 0 Å². The highest BCUT2D eigenvalue weighted by molar-refractivity contribution is 7.15. The van der Waals surface area contributed by atoms with Crippen LogP contribution in [0, 0.1) is 6.92 Å². The number of carbonyl (C=O) groups is 1. The molecule has 0 fully saturated rings. The Morgan fingerprint density at radius 2 is 1.84 bits per heavy atom. The molecule has 0 radical (unpaired) electrons. The number of ether oxygens (including phenoxy) is 2. The van der Waals surface area contributed by atoms with Gasteiger partial charge in [0.1, 0.15) is 10.7 Å². The lowest BCUT2D eigenvalue weighted by molar-refractivity contribution is 0.102. The van der Waals surface area contributed by atoms with E-state index in [1.54, 1.807) is 37.2 Å². The SMILES string of the molecule is COc1ccc(-c2nn(Cc3ccccc3)cc2C(=O)Nc2nnc(C)s2)cc1OC. The fourth-order valence-corrected chi connectivity index (χ4v) is 3.73. The molecule has 9 heteroatoms. The average molecular weight is 436 g/mol. The third-order valence-electron chi connectivity index (χ3n) is 4.60. The molecular weight excluding hydrogens is 414 g/mol. The molecule has 0 saturated carbocycles. The molecule has 4 aromatic rings. The quantitative estimate of drug-likeness (QED) is 0.471. The molecular formula is C22H21N5O3S. The zero-order valence-corrected chi connectivity index (χ0v) is 18.1. The summed E-state index contributed by atoms with van der Waals surface area (Å²) >= 11 is 1.31. The van der Waals surface area contributed by atoms with Crippen molar-refractivity contribution in [3.05, 3.63) is 70.9 Å². The first-order valence-electron chi connectivity index (χ1n) is 9.52. The monoisotopic (exact) mass is 435 g/mol. The van der Waals surface area contributed by atoms with Crippen molar-refractivity contribution in [2.75, 3.05) is 19.5 Å². The average Bonchev–Trinajstić information content (AvgIpc) is 3.40. The summed E-state index contributed by atoms with van der Waals surface area (Å²) in [6, 6.07) is 15.4. The number of aromatic nitrogens is 4. The molecule has 0 unspecified atom stereocenters. The highest BCUT2D eigenvalue weighted by Gasteiger charge is 2.21. The molecule has 0 aliphatic rings. The summed E-state index contributed by atoms with van der Waals surface area (Å²) in [7, 11) is 3.15. The predicted molar refractivity (Wildman–Crippen MR) is 119 cm³/mol. The van der Waals surface area contributed by atoms with Crippen LogP contribution in [0.1, 0.15) is 20.9 Å². The number of rotatable bonds is 7. The summed E-state index contributed by atoms with van der Waals surface area (Å²) in [5.74, 6) is 0.856. The topological polar surface area (TPSA) is 91.2 Å². The van der Waals surface area contributed by atoms with Gasteiger partial charge in [-0.05, 0) is 30.7 Å². The Balaban J connectivity index is 1.73. The molecule has 0 spiro atoms. The lowest BCUT2D eigenvalue weighted by Gasteiger charge is -2.09. The van der Waals surface area contributed by atoms with E-state index in [1.807, 2.05) is 43.3 Å². The van der Waals surface area contributed by atoms with Gasteiger partial charge in [-0.25, -0.2) is 0 Å². The number of methoxy groups -OCH3 is 2. The van der Waals surface area contributed by atoms with Crippen molar-refractivity contribution in [2.45, 2.75) is 13.5 Å². The number of nitrogens with one attached hydrogen (secondary N) is 1. The molecule has 4 rings (SSSR count). The first-order valence-corrected chi connectivity index (χ1v) is 10.3. The zero-order chi connectivity index (χ0) is 21.8. The van der Waals surface area contributed by atoms with Crippen molar-refractivity contribution in [1.82, 2.24) is 20.0 Å². The molecule has 31 heavy (non-hydrogen) atoms. The van der Waals surface area contributed by atoms with Crippen LogP contribution in [0.15, 0.2) is 54.7 Å². The van der Waals surface area contributed by atoms with Gasteiger partial charge in [0.2, 0.25) is 5.13 Å². The summed E-state index contributed by atoms with van der Waals surface area (Å²) in [4.78, 5) is 13.1. The van der Waals surface area contributed by atoms with E-state index in [0.29, 0.717) is 34.4 Å². The maximum absolute atomic E-state index is 13.1. The number of anilines is 1. The summed E-state index contributed by atoms with van der Waals surface area (Å²) in [5, 5.41) is 16.7. The molecule has 158 valence electrons. The molecule has 0 bridgehead atoms. The number of nitrogens with zero attached hydrogens (tertiary/aromatic N) is 4. The molecule has 1 amide bonds. The van der Waals surface area contributed by atoms with Crippen LogP contribution in [0.25, 0.3) is 11.3 Å². The Kier molecular flexibility index (Phi) is 5.94. The van der Waals surface area contributed by atoms with Gasteiger partial charge >= 0.3 is 0 Å². The van der Waals surface area contributed by atoms with Crippen molar-refractivity contribution in [1.29, 1.82) is 0 Å². The Hall–Kier alpha value is -3.72. The van der Waals surface area contributed by atoms with Gasteiger partial charge in [-0.1, -0.05) is 41.7 Å². The molecule has 0 saturated heterocycles. The molecule has 0 atom stereocenters. The maximum Gasteiger partial charge on any atom is 0.261 e. The third-order valence-corrected chi connectivity index (χ3v) is 5.35. The van der Waals surface area contributed by atoms with Crippen molar-refractivity contribution in [3.63, 3.8) is 0 Å². The Bertz CT molecular complexity index is 1200. The van der Waals surface area contributed by atoms with Gasteiger partial charge in [0.15, 0.2) is 11.5 Å². The minimum Gasteiger partial charge on any atom is -0.493 e. The van der Waals surface area contributed by atoms with E-state index in [1.165, 1.54) is 11.3 Å². The van der Waals surface area contributed by atoms with Crippen molar-refractivity contribution in [2.24, 2.45) is 0 Å². The molecule has 2 heterocycles. The normalized spacial score (nSPS) is 10.7. The van der Waals surface area contributed by atoms with Crippen LogP contribution < -0.4 is 14.8 Å². The second-order valence-electron chi connectivity index (χ2n) is 6.72. The standard InChI is InChI=1S/C22H21N5O3S/c1-14-24-25-22(31-14)23-21(28)17-13-27(12-15-7-5-4-6-8-15)26-20(17)16-9-10-18(29-2)19(11-16)30-3/h4-11,13H,12H2,1-3H3,(H,23,25,28). The summed E-state index contributed by atoms with van der Waals surface area (Å²) in [6.07, 6.45) is 1.74. The molecule has 1 N–H and O–H groups in total. The van der Waals surface area contributed by atoms with E-state index in [0.717, 1.165) is 16.1 Å². The fraction of sp³-hybridized carbons (Fsp3) is 0.182. The van der Waals surface area contributed by atoms with Crippen LogP contribution >= 0.6 is 11.3 Å². The molecule has 8 nitrogen and oxygen atoms in total. The van der Waals surface area contributed by atoms with E-state index in [-0.39, 0.29) is 5.91 Å². The number of amides is 1. The van der Waals surface area contributed by atoms with Gasteiger partial charge in [-0.15, -0.1) is 10.2 Å². The Morgan fingerprint density at radius 1 is 1.06 bits per heavy atom. The lowest BCUT2D eigenvalue weighted by Crippen LogP contribution is -2.12. The Morgan fingerprint density at radius 3 is 2.52 bits per heavy atom. The van der Waals surface area contributed by atoms with Crippen LogP contribution in [0.5, 0.6) is 11.5 Å². The molecule has 2 aromatic carbocycles. The lowest BCUT2D eigenvalue weighted by atomic mass is 10.1. The number of benzene rings is 2. The molecule has 2 aromatic heterocycles. The minimum absolute atomic E-state index is 0.305. The van der Waals surface area contributed by atoms with Gasteiger partial charge in [0.25, 0.3) is 5.91 Å². The first kappa shape index (κ1) is 20.5. The van der Waals surface area contributed by atoms with Crippen LogP contribution in [-0.4, -0.2) is 40.1 Å². The van der Waals surface area contributed by atoms with Gasteiger partial charge in [0, 0.05) is 11.8 Å². The smallest absolute Gasteiger partial charge is 0.261 e. The van der Waals surface area contributed by atoms with Gasteiger partial charge in [-0.3, -0.25) is 14.8 Å². The van der Waals surface area contributed by atoms with Crippen LogP contribution in [0.4, 0.5) is 5.13 Å². The summed E-state index contributed by atoms with van der Waals surface area (Å²) < 4.78 is 12.5. The van der Waals surface area contributed by atoms with Crippen molar-refractivity contribution >= 4 is 22.4 Å². The minimum atomic E-state index is -0.305. The molecule has 0 aliphatic carbocycles. The fourth-order valence-electron chi connectivity index (χ4n) is 3.15. The maximum atomic E-state index is 13.1. The highest BCUT2D eigenvalue weighted by atomic mass is 32.1. The second-order valence-corrected chi connectivity index (χ2v) is 7.91. The van der Waals surface area contributed by atoms with E-state index in [4.69, 9.17) is 14.6 Å². The second kappa shape index (κ2) is 8.97. The molecule has 0 aliphatic heterocycles. The van der Waals surface area contributed by atoms with Crippen molar-refractivity contribution < 1.29 is 14.3 Å². The highest BCUT2D eigenvalue weighted by Crippen LogP contribution is 2.33. The van der Waals surface area contributed by atoms with Crippen molar-refractivity contribution in [3.8, 4) is 22.8 Å². The predicted octanol–water partition coefficient (Wildman–Crippen LogP) is 4.03. The van der Waals surface area contributed by atoms with Crippen LogP contribution in [-0.2, 0) is 6.54 Å².